The molecule has 0 spiro atoms. The first-order chi connectivity index (χ1) is 6.15. The quantitative estimate of drug-likeness (QED) is 0.677. The fourth-order valence-electron chi connectivity index (χ4n) is 1.62. The molecule has 0 bridgehead atoms. The van der Waals surface area contributed by atoms with Crippen LogP contribution in [0.4, 0.5) is 0 Å². The Kier molecular flexibility index (Phi) is 4.00. The molecule has 1 aliphatic rings. The average molecular weight is 225 g/mol. The van der Waals surface area contributed by atoms with E-state index in [9.17, 15) is 9.59 Å². The molecule has 3 nitrogen and oxygen atoms in total. The Morgan fingerprint density at radius 1 is 1.08 bits per heavy atom. The van der Waals surface area contributed by atoms with E-state index in [0.29, 0.717) is 25.7 Å². The minimum atomic E-state index is -0.401. The van der Waals surface area contributed by atoms with Gasteiger partial charge in [0.1, 0.15) is 11.9 Å². The predicted octanol–water partition coefficient (Wildman–Crippen LogP) is 2.26. The Morgan fingerprint density at radius 2 is 1.54 bits per heavy atom. The van der Waals surface area contributed by atoms with Gasteiger partial charge in [-0.2, -0.15) is 0 Å². The first-order valence-electron chi connectivity index (χ1n) is 4.17. The van der Waals surface area contributed by atoms with E-state index in [1.165, 1.54) is 0 Å². The molecule has 0 aromatic carbocycles. The van der Waals surface area contributed by atoms with Crippen molar-refractivity contribution in [1.29, 1.82) is 0 Å². The van der Waals surface area contributed by atoms with Crippen LogP contribution in [0.2, 0.25) is 0 Å². The topological polar surface area (TPSA) is 43.4 Å². The van der Waals surface area contributed by atoms with Crippen LogP contribution in [0, 0.1) is 11.8 Å². The van der Waals surface area contributed by atoms with E-state index in [4.69, 9.17) is 23.5 Å². The van der Waals surface area contributed by atoms with Crippen LogP contribution in [0.1, 0.15) is 25.7 Å². The molecule has 0 aromatic rings. The third-order valence-electron chi connectivity index (χ3n) is 2.46. The lowest BCUT2D eigenvalue weighted by molar-refractivity contribution is -0.140. The molecule has 0 unspecified atom stereocenters. The van der Waals surface area contributed by atoms with Gasteiger partial charge in [-0.15, -0.1) is 0 Å². The summed E-state index contributed by atoms with van der Waals surface area (Å²) in [5.74, 6) is -0.659. The van der Waals surface area contributed by atoms with Crippen molar-refractivity contribution >= 4 is 34.7 Å². The molecule has 0 heterocycles. The Balaban J connectivity index is 2.39. The van der Waals surface area contributed by atoms with E-state index in [1.807, 2.05) is 0 Å². The largest absolute Gasteiger partial charge is 0.347 e. The van der Waals surface area contributed by atoms with Crippen LogP contribution in [0.3, 0.4) is 0 Å². The molecular formula is C8H10Cl2O3. The summed E-state index contributed by atoms with van der Waals surface area (Å²) in [5, 5.41) is -0.308. The van der Waals surface area contributed by atoms with Crippen LogP contribution in [-0.2, 0) is 13.9 Å². The molecule has 0 radical (unpaired) electrons. The normalized spacial score (nSPS) is 28.2. The fraction of sp³-hybridized carbons (Fsp3) is 0.750. The molecule has 0 N–H and O–H groups in total. The van der Waals surface area contributed by atoms with Crippen molar-refractivity contribution < 1.29 is 13.9 Å². The van der Waals surface area contributed by atoms with Crippen molar-refractivity contribution in [2.45, 2.75) is 25.7 Å². The molecule has 74 valence electrons. The highest BCUT2D eigenvalue weighted by Gasteiger charge is 2.29. The van der Waals surface area contributed by atoms with Gasteiger partial charge in [-0.1, -0.05) is 0 Å². The van der Waals surface area contributed by atoms with Gasteiger partial charge in [-0.05, 0) is 37.3 Å². The van der Waals surface area contributed by atoms with E-state index >= 15 is 0 Å². The summed E-state index contributed by atoms with van der Waals surface area (Å²) in [6.45, 7) is 0. The summed E-state index contributed by atoms with van der Waals surface area (Å²) in [7, 11) is 0. The van der Waals surface area contributed by atoms with Crippen molar-refractivity contribution in [3.8, 4) is 0 Å². The monoisotopic (exact) mass is 224 g/mol. The Morgan fingerprint density at radius 3 is 1.92 bits per heavy atom. The Labute approximate surface area is 86.5 Å². The molecule has 13 heavy (non-hydrogen) atoms. The number of carbonyl (C=O) groups excluding carboxylic acids is 2. The third kappa shape index (κ3) is 2.85. The van der Waals surface area contributed by atoms with Crippen molar-refractivity contribution in [3.05, 3.63) is 0 Å². The Hall–Kier alpha value is -0.280. The molecule has 5 heteroatoms. The molecule has 1 fully saturated rings. The first-order valence-corrected chi connectivity index (χ1v) is 4.85. The van der Waals surface area contributed by atoms with Gasteiger partial charge in [0.2, 0.25) is 5.24 Å². The third-order valence-corrected chi connectivity index (χ3v) is 2.92. The molecule has 0 saturated heterocycles. The summed E-state index contributed by atoms with van der Waals surface area (Å²) in [5.41, 5.74) is 0. The summed E-state index contributed by atoms with van der Waals surface area (Å²) < 4.78 is 4.10. The molecular weight excluding hydrogens is 215 g/mol. The maximum absolute atomic E-state index is 11.0. The lowest BCUT2D eigenvalue weighted by Crippen LogP contribution is -2.24. The van der Waals surface area contributed by atoms with Crippen LogP contribution in [0.15, 0.2) is 0 Å². The zero-order valence-corrected chi connectivity index (χ0v) is 8.48. The summed E-state index contributed by atoms with van der Waals surface area (Å²) in [6, 6.07) is 0. The van der Waals surface area contributed by atoms with Crippen LogP contribution in [0.5, 0.6) is 0 Å². The van der Waals surface area contributed by atoms with E-state index in [2.05, 4.69) is 4.29 Å². The van der Waals surface area contributed by atoms with Gasteiger partial charge < -0.3 is 4.29 Å². The average Bonchev–Trinajstić information content (AvgIpc) is 2.17. The van der Waals surface area contributed by atoms with Gasteiger partial charge in [-0.3, -0.25) is 9.59 Å². The predicted molar refractivity (Wildman–Crippen MR) is 48.3 cm³/mol. The Bertz CT molecular complexity index is 209. The number of rotatable bonds is 2. The lowest BCUT2D eigenvalue weighted by Gasteiger charge is -2.23. The van der Waals surface area contributed by atoms with Crippen molar-refractivity contribution in [3.63, 3.8) is 0 Å². The first kappa shape index (κ1) is 10.8. The summed E-state index contributed by atoms with van der Waals surface area (Å²) in [4.78, 5) is 21.7. The highest BCUT2D eigenvalue weighted by Crippen LogP contribution is 2.30. The molecule has 1 aliphatic carbocycles. The molecule has 0 aliphatic heterocycles. The van der Waals surface area contributed by atoms with Gasteiger partial charge >= 0.3 is 5.97 Å². The summed E-state index contributed by atoms with van der Waals surface area (Å²) in [6.07, 6.45) is 2.57. The smallest absolute Gasteiger partial charge is 0.327 e. The molecule has 0 aromatic heterocycles. The van der Waals surface area contributed by atoms with E-state index in [-0.39, 0.29) is 17.1 Å². The molecule has 1 rings (SSSR count). The van der Waals surface area contributed by atoms with E-state index in [1.54, 1.807) is 0 Å². The van der Waals surface area contributed by atoms with Crippen molar-refractivity contribution in [2.24, 2.45) is 11.8 Å². The maximum atomic E-state index is 11.0. The van der Waals surface area contributed by atoms with Gasteiger partial charge in [-0.25, -0.2) is 0 Å². The van der Waals surface area contributed by atoms with Crippen LogP contribution in [0.25, 0.3) is 0 Å². The number of halogens is 2. The second kappa shape index (κ2) is 4.82. The minimum absolute atomic E-state index is 0.0963. The van der Waals surface area contributed by atoms with Gasteiger partial charge in [0.05, 0.1) is 5.92 Å². The number of hydrogen-bond donors (Lipinski definition) is 0. The van der Waals surface area contributed by atoms with Gasteiger partial charge in [0, 0.05) is 5.92 Å². The second-order valence-corrected chi connectivity index (χ2v) is 3.78. The van der Waals surface area contributed by atoms with Crippen molar-refractivity contribution in [1.82, 2.24) is 0 Å². The lowest BCUT2D eigenvalue weighted by atomic mass is 9.83. The number of carbonyl (C=O) groups is 2. The molecule has 1 saturated carbocycles. The molecule has 0 atom stereocenters. The van der Waals surface area contributed by atoms with E-state index in [0.717, 1.165) is 0 Å². The zero-order valence-electron chi connectivity index (χ0n) is 6.96. The van der Waals surface area contributed by atoms with Crippen molar-refractivity contribution in [2.75, 3.05) is 0 Å². The minimum Gasteiger partial charge on any atom is -0.347 e. The fourth-order valence-corrected chi connectivity index (χ4v) is 1.96. The van der Waals surface area contributed by atoms with Gasteiger partial charge in [0.25, 0.3) is 0 Å². The molecule has 0 amide bonds. The van der Waals surface area contributed by atoms with E-state index < -0.39 is 5.97 Å². The summed E-state index contributed by atoms with van der Waals surface area (Å²) >= 11 is 10.3. The number of hydrogen-bond acceptors (Lipinski definition) is 3. The standard InChI is InChI=1S/C8H10Cl2O3/c9-7(11)5-1-3-6(4-2-5)8(12)13-10/h5-6H,1-4H2. The zero-order chi connectivity index (χ0) is 9.84. The van der Waals surface area contributed by atoms with Crippen LogP contribution >= 0.6 is 23.5 Å². The van der Waals surface area contributed by atoms with Gasteiger partial charge in [0.15, 0.2) is 0 Å². The maximum Gasteiger partial charge on any atom is 0.327 e. The van der Waals surface area contributed by atoms with Crippen LogP contribution in [-0.4, -0.2) is 11.2 Å². The second-order valence-electron chi connectivity index (χ2n) is 3.25. The highest BCUT2D eigenvalue weighted by atomic mass is 35.5. The highest BCUT2D eigenvalue weighted by molar-refractivity contribution is 6.63. The SMILES string of the molecule is O=C(Cl)C1CCC(C(=O)OCl)CC1. The van der Waals surface area contributed by atoms with Crippen LogP contribution < -0.4 is 0 Å².